The van der Waals surface area contributed by atoms with E-state index in [-0.39, 0.29) is 12.4 Å². The Morgan fingerprint density at radius 3 is 2.94 bits per heavy atom. The van der Waals surface area contributed by atoms with Crippen LogP contribution >= 0.6 is 8.25 Å². The van der Waals surface area contributed by atoms with E-state index in [0.717, 1.165) is 10.9 Å². The van der Waals surface area contributed by atoms with Crippen LogP contribution in [0.5, 0.6) is 0 Å². The van der Waals surface area contributed by atoms with Crippen LogP contribution < -0.4 is 0 Å². The van der Waals surface area contributed by atoms with E-state index < -0.39 is 8.25 Å². The van der Waals surface area contributed by atoms with Crippen molar-refractivity contribution in [2.24, 2.45) is 7.05 Å². The molecule has 1 unspecified atom stereocenters. The maximum Gasteiger partial charge on any atom is 0.695 e. The molecule has 2 aromatic rings. The van der Waals surface area contributed by atoms with E-state index in [1.807, 2.05) is 29.9 Å². The lowest BCUT2D eigenvalue weighted by Crippen LogP contribution is -2.05. The van der Waals surface area contributed by atoms with Gasteiger partial charge in [0, 0.05) is 34.3 Å². The van der Waals surface area contributed by atoms with Crippen molar-refractivity contribution >= 4 is 24.9 Å². The number of aryl methyl sites for hydroxylation is 1. The number of nitrogens with zero attached hydrogens (tertiary/aromatic N) is 1. The summed E-state index contributed by atoms with van der Waals surface area (Å²) in [6, 6.07) is 7.16. The van der Waals surface area contributed by atoms with Crippen molar-refractivity contribution in [3.63, 3.8) is 0 Å². The zero-order chi connectivity index (χ0) is 12.4. The van der Waals surface area contributed by atoms with Gasteiger partial charge in [0.05, 0.1) is 0 Å². The average Bonchev–Trinajstić information content (AvgIpc) is 2.67. The van der Waals surface area contributed by atoms with Gasteiger partial charge >= 0.3 is 8.25 Å². The summed E-state index contributed by atoms with van der Waals surface area (Å²) in [4.78, 5) is 20.1. The predicted octanol–water partition coefficient (Wildman–Crippen LogP) is 2.03. The minimum atomic E-state index is -2.73. The van der Waals surface area contributed by atoms with E-state index >= 15 is 0 Å². The Hall–Kier alpha value is -1.55. The van der Waals surface area contributed by atoms with Gasteiger partial charge in [-0.05, 0) is 24.3 Å². The number of carbonyl (C=O) groups is 1. The topological polar surface area (TPSA) is 68.5 Å². The van der Waals surface area contributed by atoms with Gasteiger partial charge in [0.15, 0.2) is 12.4 Å². The SMILES string of the molecule is Cn1ccc2cc(C(=O)CO[P+](=O)O)ccc21. The van der Waals surface area contributed by atoms with Crippen molar-refractivity contribution in [2.75, 3.05) is 6.61 Å². The third kappa shape index (κ3) is 2.58. The number of rotatable bonds is 4. The molecule has 1 atom stereocenters. The van der Waals surface area contributed by atoms with Crippen LogP contribution in [0.3, 0.4) is 0 Å². The number of benzene rings is 1. The Kier molecular flexibility index (Phi) is 3.33. The molecule has 0 aliphatic carbocycles. The normalized spacial score (nSPS) is 11.8. The van der Waals surface area contributed by atoms with E-state index in [1.54, 1.807) is 12.1 Å². The van der Waals surface area contributed by atoms with Crippen LogP contribution in [0.2, 0.25) is 0 Å². The third-order valence-electron chi connectivity index (χ3n) is 2.51. The van der Waals surface area contributed by atoms with Gasteiger partial charge in [0.2, 0.25) is 0 Å². The fourth-order valence-corrected chi connectivity index (χ4v) is 1.88. The second-order valence-electron chi connectivity index (χ2n) is 3.63. The van der Waals surface area contributed by atoms with Crippen molar-refractivity contribution < 1.29 is 18.8 Å². The smallest absolute Gasteiger partial charge is 0.351 e. The first-order valence-electron chi connectivity index (χ1n) is 4.95. The molecule has 1 aromatic heterocycles. The van der Waals surface area contributed by atoms with Gasteiger partial charge in [0.1, 0.15) is 0 Å². The second kappa shape index (κ2) is 4.75. The quantitative estimate of drug-likeness (QED) is 0.667. The molecule has 0 aliphatic rings. The first-order chi connectivity index (χ1) is 8.08. The number of Topliss-reactive ketones (excluding diaryl/α,β-unsaturated/α-hetero) is 1. The van der Waals surface area contributed by atoms with Crippen molar-refractivity contribution in [3.8, 4) is 0 Å². The molecule has 88 valence electrons. The summed E-state index contributed by atoms with van der Waals surface area (Å²) in [5.41, 5.74) is 1.50. The number of aromatic nitrogens is 1. The van der Waals surface area contributed by atoms with Crippen LogP contribution in [-0.4, -0.2) is 21.9 Å². The van der Waals surface area contributed by atoms with Crippen LogP contribution in [0.4, 0.5) is 0 Å². The highest BCUT2D eigenvalue weighted by atomic mass is 31.1. The first-order valence-corrected chi connectivity index (χ1v) is 6.08. The molecule has 17 heavy (non-hydrogen) atoms. The van der Waals surface area contributed by atoms with Crippen molar-refractivity contribution in [2.45, 2.75) is 0 Å². The van der Waals surface area contributed by atoms with E-state index in [2.05, 4.69) is 4.52 Å². The lowest BCUT2D eigenvalue weighted by atomic mass is 10.1. The summed E-state index contributed by atoms with van der Waals surface area (Å²) < 4.78 is 16.7. The molecule has 0 spiro atoms. The van der Waals surface area contributed by atoms with Gasteiger partial charge in [-0.25, -0.2) is 0 Å². The van der Waals surface area contributed by atoms with Crippen LogP contribution in [0.15, 0.2) is 30.5 Å². The largest absolute Gasteiger partial charge is 0.695 e. The standard InChI is InChI=1S/C11H10NO4P/c1-12-5-4-8-6-9(2-3-10(8)12)11(13)7-16-17(14)15/h2-6H,7H2,1H3/p+1. The summed E-state index contributed by atoms with van der Waals surface area (Å²) >= 11 is 0. The van der Waals surface area contributed by atoms with Gasteiger partial charge in [-0.3, -0.25) is 4.79 Å². The van der Waals surface area contributed by atoms with Crippen LogP contribution in [0.25, 0.3) is 10.9 Å². The van der Waals surface area contributed by atoms with E-state index in [9.17, 15) is 9.36 Å². The summed E-state index contributed by atoms with van der Waals surface area (Å²) in [6.07, 6.45) is 1.90. The fraction of sp³-hybridized carbons (Fsp3) is 0.182. The molecule has 1 heterocycles. The van der Waals surface area contributed by atoms with E-state index in [1.165, 1.54) is 0 Å². The third-order valence-corrected chi connectivity index (χ3v) is 2.86. The van der Waals surface area contributed by atoms with Gasteiger partial charge in [-0.2, -0.15) is 0 Å². The molecule has 0 saturated heterocycles. The molecule has 0 radical (unpaired) electrons. The molecule has 2 rings (SSSR count). The van der Waals surface area contributed by atoms with Crippen LogP contribution in [0, 0.1) is 0 Å². The van der Waals surface area contributed by atoms with Crippen molar-refractivity contribution in [3.05, 3.63) is 36.0 Å². The first kappa shape index (κ1) is 11.9. The van der Waals surface area contributed by atoms with Gasteiger partial charge < -0.3 is 4.57 Å². The van der Waals surface area contributed by atoms with Crippen LogP contribution in [-0.2, 0) is 16.1 Å². The molecule has 0 saturated carbocycles. The molecule has 5 nitrogen and oxygen atoms in total. The number of ketones is 1. The Morgan fingerprint density at radius 1 is 1.47 bits per heavy atom. The number of fused-ring (bicyclic) bond motifs is 1. The molecule has 1 N–H and O–H groups in total. The van der Waals surface area contributed by atoms with Crippen LogP contribution in [0.1, 0.15) is 10.4 Å². The maximum absolute atomic E-state index is 11.6. The molecule has 1 aromatic carbocycles. The molecular formula is C11H11NO4P+. The Bertz CT molecular complexity index is 590. The number of hydrogen-bond donors (Lipinski definition) is 1. The summed E-state index contributed by atoms with van der Waals surface area (Å²) in [7, 11) is -0.809. The number of carbonyl (C=O) groups excluding carboxylic acids is 1. The molecule has 0 aliphatic heterocycles. The minimum absolute atomic E-state index is 0.312. The highest BCUT2D eigenvalue weighted by molar-refractivity contribution is 7.32. The zero-order valence-corrected chi connectivity index (χ0v) is 10.1. The van der Waals surface area contributed by atoms with Gasteiger partial charge in [-0.1, -0.05) is 0 Å². The second-order valence-corrected chi connectivity index (χ2v) is 4.37. The summed E-state index contributed by atoms with van der Waals surface area (Å²) in [5, 5.41) is 0.951. The summed E-state index contributed by atoms with van der Waals surface area (Å²) in [5.74, 6) is -0.312. The molecule has 6 heteroatoms. The molecule has 0 fully saturated rings. The van der Waals surface area contributed by atoms with E-state index in [4.69, 9.17) is 4.89 Å². The van der Waals surface area contributed by atoms with Crippen molar-refractivity contribution in [1.82, 2.24) is 4.57 Å². The lowest BCUT2D eigenvalue weighted by molar-refractivity contribution is 0.0917. The van der Waals surface area contributed by atoms with Crippen molar-refractivity contribution in [1.29, 1.82) is 0 Å². The monoisotopic (exact) mass is 252 g/mol. The minimum Gasteiger partial charge on any atom is -0.351 e. The fourth-order valence-electron chi connectivity index (χ4n) is 1.65. The zero-order valence-electron chi connectivity index (χ0n) is 9.16. The van der Waals surface area contributed by atoms with Gasteiger partial charge in [0.25, 0.3) is 0 Å². The van der Waals surface area contributed by atoms with E-state index in [0.29, 0.717) is 5.56 Å². The highest BCUT2D eigenvalue weighted by Gasteiger charge is 2.17. The summed E-state index contributed by atoms with van der Waals surface area (Å²) in [6.45, 7) is -0.385. The molecule has 0 bridgehead atoms. The Labute approximate surface area is 98.6 Å². The lowest BCUT2D eigenvalue weighted by Gasteiger charge is -1.99. The molecule has 0 amide bonds. The molecular weight excluding hydrogens is 241 g/mol. The average molecular weight is 252 g/mol. The van der Waals surface area contributed by atoms with Gasteiger partial charge in [-0.15, -0.1) is 9.42 Å². The Morgan fingerprint density at radius 2 is 2.24 bits per heavy atom. The highest BCUT2D eigenvalue weighted by Crippen LogP contribution is 2.19. The number of hydrogen-bond acceptors (Lipinski definition) is 3. The maximum atomic E-state index is 11.6. The Balaban J connectivity index is 2.24. The predicted molar refractivity (Wildman–Crippen MR) is 63.0 cm³/mol.